The Balaban J connectivity index is 2.35. The van der Waals surface area contributed by atoms with Gasteiger partial charge in [-0.2, -0.15) is 0 Å². The van der Waals surface area contributed by atoms with Gasteiger partial charge in [-0.1, -0.05) is 13.0 Å². The number of hydrogen-bond acceptors (Lipinski definition) is 3. The van der Waals surface area contributed by atoms with Crippen molar-refractivity contribution in [1.82, 2.24) is 5.32 Å². The molecule has 2 N–H and O–H groups in total. The fourth-order valence-electron chi connectivity index (χ4n) is 1.54. The molecule has 18 heavy (non-hydrogen) atoms. The second-order valence-corrected chi connectivity index (χ2v) is 5.50. The third-order valence-corrected chi connectivity index (χ3v) is 3.94. The van der Waals surface area contributed by atoms with Crippen LogP contribution in [0.2, 0.25) is 0 Å². The zero-order chi connectivity index (χ0) is 13.6. The number of carbonyl (C=O) groups excluding carboxylic acids is 1. The summed E-state index contributed by atoms with van der Waals surface area (Å²) in [5.74, 6) is -1.19. The number of nitrogens with one attached hydrogen (secondary N) is 1. The van der Waals surface area contributed by atoms with Crippen LogP contribution in [0.3, 0.4) is 0 Å². The maximum atomic E-state index is 11.7. The normalized spacial score (nSPS) is 13.9. The van der Waals surface area contributed by atoms with E-state index in [4.69, 9.17) is 5.11 Å². The van der Waals surface area contributed by atoms with E-state index < -0.39 is 11.5 Å². The Morgan fingerprint density at radius 3 is 2.72 bits per heavy atom. The van der Waals surface area contributed by atoms with Gasteiger partial charge in [-0.3, -0.25) is 4.79 Å². The molecule has 0 spiro atoms. The van der Waals surface area contributed by atoms with Gasteiger partial charge in [0.25, 0.3) is 0 Å². The van der Waals surface area contributed by atoms with Crippen molar-refractivity contribution in [3.05, 3.63) is 22.4 Å². The number of carboxylic acid groups (broad SMARTS) is 1. The minimum absolute atomic E-state index is 0.196. The topological polar surface area (TPSA) is 66.4 Å². The SMILES string of the molecule is CCC(C)(NC(=O)CCCc1cccs1)C(=O)O. The number of carboxylic acids is 1. The molecule has 0 bridgehead atoms. The van der Waals surface area contributed by atoms with Crippen LogP contribution in [0.5, 0.6) is 0 Å². The van der Waals surface area contributed by atoms with Crippen molar-refractivity contribution in [3.63, 3.8) is 0 Å². The monoisotopic (exact) mass is 269 g/mol. The standard InChI is InChI=1S/C13H19NO3S/c1-3-13(2,12(16)17)14-11(15)8-4-6-10-7-5-9-18-10/h5,7,9H,3-4,6,8H2,1-2H3,(H,14,15)(H,16,17). The number of carbonyl (C=O) groups is 2. The quantitative estimate of drug-likeness (QED) is 0.799. The fourth-order valence-corrected chi connectivity index (χ4v) is 2.29. The highest BCUT2D eigenvalue weighted by atomic mass is 32.1. The molecule has 1 atom stereocenters. The van der Waals surface area contributed by atoms with Crippen LogP contribution in [-0.4, -0.2) is 22.5 Å². The molecular weight excluding hydrogens is 250 g/mol. The molecule has 100 valence electrons. The maximum Gasteiger partial charge on any atom is 0.329 e. The van der Waals surface area contributed by atoms with E-state index in [0.29, 0.717) is 12.8 Å². The Morgan fingerprint density at radius 1 is 1.50 bits per heavy atom. The van der Waals surface area contributed by atoms with Gasteiger partial charge in [0.1, 0.15) is 5.54 Å². The molecule has 0 aliphatic rings. The summed E-state index contributed by atoms with van der Waals surface area (Å²) in [5, 5.41) is 13.6. The summed E-state index contributed by atoms with van der Waals surface area (Å²) in [4.78, 5) is 24.0. The first-order valence-electron chi connectivity index (χ1n) is 6.04. The summed E-state index contributed by atoms with van der Waals surface area (Å²) in [5.41, 5.74) is -1.15. The molecule has 1 heterocycles. The van der Waals surface area contributed by atoms with Gasteiger partial charge in [0.2, 0.25) is 5.91 Å². The molecule has 0 aromatic carbocycles. The molecule has 4 nitrogen and oxygen atoms in total. The number of rotatable bonds is 7. The zero-order valence-corrected chi connectivity index (χ0v) is 11.5. The first kappa shape index (κ1) is 14.7. The number of aliphatic carboxylic acids is 1. The van der Waals surface area contributed by atoms with Crippen molar-refractivity contribution >= 4 is 23.2 Å². The lowest BCUT2D eigenvalue weighted by Crippen LogP contribution is -2.51. The minimum atomic E-state index is -1.15. The van der Waals surface area contributed by atoms with E-state index in [9.17, 15) is 9.59 Å². The molecular formula is C13H19NO3S. The van der Waals surface area contributed by atoms with Crippen molar-refractivity contribution in [1.29, 1.82) is 0 Å². The second kappa shape index (κ2) is 6.54. The Labute approximate surface area is 111 Å². The molecule has 0 saturated heterocycles. The van der Waals surface area contributed by atoms with Gasteiger partial charge in [-0.05, 0) is 37.6 Å². The molecule has 1 aromatic rings. The third-order valence-electron chi connectivity index (χ3n) is 3.00. The smallest absolute Gasteiger partial charge is 0.329 e. The minimum Gasteiger partial charge on any atom is -0.480 e. The van der Waals surface area contributed by atoms with Crippen LogP contribution in [0.15, 0.2) is 17.5 Å². The van der Waals surface area contributed by atoms with Crippen LogP contribution in [0.4, 0.5) is 0 Å². The number of hydrogen-bond donors (Lipinski definition) is 2. The van der Waals surface area contributed by atoms with Gasteiger partial charge >= 0.3 is 5.97 Å². The molecule has 0 aliphatic heterocycles. The van der Waals surface area contributed by atoms with Crippen LogP contribution < -0.4 is 5.32 Å². The van der Waals surface area contributed by atoms with Crippen molar-refractivity contribution in [2.75, 3.05) is 0 Å². The Bertz CT molecular complexity index is 402. The highest BCUT2D eigenvalue weighted by Gasteiger charge is 2.32. The van der Waals surface area contributed by atoms with Crippen molar-refractivity contribution < 1.29 is 14.7 Å². The molecule has 0 saturated carbocycles. The summed E-state index contributed by atoms with van der Waals surface area (Å²) < 4.78 is 0. The summed E-state index contributed by atoms with van der Waals surface area (Å²) in [6, 6.07) is 4.02. The van der Waals surface area contributed by atoms with Crippen LogP contribution in [0.25, 0.3) is 0 Å². The van der Waals surface area contributed by atoms with Crippen LogP contribution in [0.1, 0.15) is 38.0 Å². The first-order valence-corrected chi connectivity index (χ1v) is 6.92. The Morgan fingerprint density at radius 2 is 2.22 bits per heavy atom. The van der Waals surface area contributed by atoms with E-state index in [-0.39, 0.29) is 5.91 Å². The lowest BCUT2D eigenvalue weighted by Gasteiger charge is -2.24. The summed E-state index contributed by atoms with van der Waals surface area (Å²) in [6.07, 6.45) is 2.34. The average Bonchev–Trinajstić information content (AvgIpc) is 2.81. The lowest BCUT2D eigenvalue weighted by atomic mass is 9.99. The fraction of sp³-hybridized carbons (Fsp3) is 0.538. The van der Waals surface area contributed by atoms with E-state index >= 15 is 0 Å². The third kappa shape index (κ3) is 4.14. The first-order chi connectivity index (χ1) is 8.48. The van der Waals surface area contributed by atoms with E-state index in [2.05, 4.69) is 5.32 Å². The van der Waals surface area contributed by atoms with E-state index in [1.165, 1.54) is 11.8 Å². The number of amides is 1. The largest absolute Gasteiger partial charge is 0.480 e. The predicted octanol–water partition coefficient (Wildman–Crippen LogP) is 2.44. The summed E-state index contributed by atoms with van der Waals surface area (Å²) in [7, 11) is 0. The lowest BCUT2D eigenvalue weighted by molar-refractivity contribution is -0.147. The van der Waals surface area contributed by atoms with Crippen LogP contribution in [0, 0.1) is 0 Å². The van der Waals surface area contributed by atoms with Crippen molar-refractivity contribution in [3.8, 4) is 0 Å². The Hall–Kier alpha value is -1.36. The Kier molecular flexibility index (Phi) is 5.34. The molecule has 1 rings (SSSR count). The van der Waals surface area contributed by atoms with Gasteiger partial charge in [0.05, 0.1) is 0 Å². The molecule has 1 aromatic heterocycles. The van der Waals surface area contributed by atoms with Gasteiger partial charge in [0.15, 0.2) is 0 Å². The van der Waals surface area contributed by atoms with Gasteiger partial charge in [-0.15, -0.1) is 11.3 Å². The molecule has 0 radical (unpaired) electrons. The van der Waals surface area contributed by atoms with Crippen LogP contribution >= 0.6 is 11.3 Å². The molecule has 0 aliphatic carbocycles. The number of aryl methyl sites for hydroxylation is 1. The molecule has 0 fully saturated rings. The zero-order valence-electron chi connectivity index (χ0n) is 10.7. The van der Waals surface area contributed by atoms with E-state index in [1.807, 2.05) is 17.5 Å². The van der Waals surface area contributed by atoms with Crippen molar-refractivity contribution in [2.24, 2.45) is 0 Å². The molecule has 5 heteroatoms. The van der Waals surface area contributed by atoms with E-state index in [1.54, 1.807) is 18.3 Å². The average molecular weight is 269 g/mol. The van der Waals surface area contributed by atoms with Crippen molar-refractivity contribution in [2.45, 2.75) is 45.1 Å². The highest BCUT2D eigenvalue weighted by molar-refractivity contribution is 7.09. The van der Waals surface area contributed by atoms with E-state index in [0.717, 1.165) is 12.8 Å². The van der Waals surface area contributed by atoms with Gasteiger partial charge in [-0.25, -0.2) is 4.79 Å². The molecule has 1 unspecified atom stereocenters. The number of thiophene rings is 1. The van der Waals surface area contributed by atoms with Gasteiger partial charge < -0.3 is 10.4 Å². The molecule has 1 amide bonds. The van der Waals surface area contributed by atoms with Gasteiger partial charge in [0, 0.05) is 11.3 Å². The second-order valence-electron chi connectivity index (χ2n) is 4.47. The predicted molar refractivity (Wildman–Crippen MR) is 71.7 cm³/mol. The summed E-state index contributed by atoms with van der Waals surface area (Å²) in [6.45, 7) is 3.28. The maximum absolute atomic E-state index is 11.7. The highest BCUT2D eigenvalue weighted by Crippen LogP contribution is 2.13. The van der Waals surface area contributed by atoms with Crippen LogP contribution in [-0.2, 0) is 16.0 Å². The summed E-state index contributed by atoms with van der Waals surface area (Å²) >= 11 is 1.67.